The van der Waals surface area contributed by atoms with E-state index in [2.05, 4.69) is 25.5 Å². The molecule has 4 aromatic rings. The van der Waals surface area contributed by atoms with Crippen LogP contribution in [-0.2, 0) is 4.57 Å². The number of halogens is 1. The lowest BCUT2D eigenvalue weighted by molar-refractivity contribution is 0.275. The zero-order chi connectivity index (χ0) is 23.5. The number of aryl methyl sites for hydroxylation is 1. The van der Waals surface area contributed by atoms with Crippen LogP contribution in [0.1, 0.15) is 11.4 Å². The fraction of sp³-hybridized carbons (Fsp3) is 0.158. The smallest absolute Gasteiger partial charge is 0.466 e. The second-order valence-electron chi connectivity index (χ2n) is 6.60. The summed E-state index contributed by atoms with van der Waals surface area (Å²) < 4.78 is 16.3. The fourth-order valence-corrected chi connectivity index (χ4v) is 3.02. The summed E-state index contributed by atoms with van der Waals surface area (Å²) in [5.41, 5.74) is 2.70. The first kappa shape index (κ1) is 23.6. The van der Waals surface area contributed by atoms with Crippen LogP contribution >= 0.6 is 19.4 Å². The van der Waals surface area contributed by atoms with Crippen LogP contribution in [0.3, 0.4) is 0 Å². The van der Waals surface area contributed by atoms with Crippen LogP contribution in [-0.4, -0.2) is 46.5 Å². The van der Waals surface area contributed by atoms with E-state index < -0.39 is 7.82 Å². The summed E-state index contributed by atoms with van der Waals surface area (Å²) in [6.45, 7) is 3.95. The van der Waals surface area contributed by atoms with E-state index in [9.17, 15) is 0 Å². The summed E-state index contributed by atoms with van der Waals surface area (Å²) in [6, 6.07) is 7.45. The first-order valence-corrected chi connectivity index (χ1v) is 11.0. The number of pyridine rings is 1. The molecule has 11 nitrogen and oxygen atoms in total. The van der Waals surface area contributed by atoms with Gasteiger partial charge in [0.15, 0.2) is 17.4 Å². The Morgan fingerprint density at radius 2 is 1.84 bits per heavy atom. The van der Waals surface area contributed by atoms with Gasteiger partial charge in [-0.1, -0.05) is 11.6 Å². The maximum atomic E-state index is 8.88. The summed E-state index contributed by atoms with van der Waals surface area (Å²) in [6.07, 6.45) is 5.14. The number of ether oxygens (including phenoxy) is 1. The maximum absolute atomic E-state index is 8.88. The summed E-state index contributed by atoms with van der Waals surface area (Å²) in [4.78, 5) is 30.4. The SMILES string of the molecule is COc1cc(Nc2nncc3cc(Cl)ccc23)cnc1-n1cnc(C)c1C.O=P(O)(O)O. The third kappa shape index (κ3) is 5.78. The highest BCUT2D eigenvalue weighted by atomic mass is 35.5. The van der Waals surface area contributed by atoms with Crippen molar-refractivity contribution >= 4 is 41.7 Å². The Balaban J connectivity index is 0.000000523. The first-order valence-electron chi connectivity index (χ1n) is 9.08. The highest BCUT2D eigenvalue weighted by molar-refractivity contribution is 7.45. The van der Waals surface area contributed by atoms with Gasteiger partial charge in [0.25, 0.3) is 0 Å². The zero-order valence-electron chi connectivity index (χ0n) is 17.3. The van der Waals surface area contributed by atoms with E-state index in [0.717, 1.165) is 27.8 Å². The Labute approximate surface area is 187 Å². The molecule has 13 heteroatoms. The highest BCUT2D eigenvalue weighted by Gasteiger charge is 2.13. The highest BCUT2D eigenvalue weighted by Crippen LogP contribution is 2.30. The maximum Gasteiger partial charge on any atom is 0.466 e. The first-order chi connectivity index (χ1) is 15.1. The van der Waals surface area contributed by atoms with Gasteiger partial charge in [0.05, 0.1) is 30.9 Å². The Kier molecular flexibility index (Phi) is 7.07. The summed E-state index contributed by atoms with van der Waals surface area (Å²) in [5, 5.41) is 14.0. The van der Waals surface area contributed by atoms with Crippen LogP contribution in [0.25, 0.3) is 16.6 Å². The fourth-order valence-electron chi connectivity index (χ4n) is 2.84. The van der Waals surface area contributed by atoms with Crippen molar-refractivity contribution in [1.29, 1.82) is 0 Å². The van der Waals surface area contributed by atoms with Gasteiger partial charge in [0, 0.05) is 27.6 Å². The van der Waals surface area contributed by atoms with Crippen molar-refractivity contribution in [2.24, 2.45) is 0 Å². The van der Waals surface area contributed by atoms with Gasteiger partial charge in [0.1, 0.15) is 6.33 Å². The number of nitrogens with one attached hydrogen (secondary N) is 1. The van der Waals surface area contributed by atoms with E-state index in [1.807, 2.05) is 42.7 Å². The van der Waals surface area contributed by atoms with Crippen LogP contribution in [0.5, 0.6) is 5.75 Å². The summed E-state index contributed by atoms with van der Waals surface area (Å²) in [7, 11) is -3.02. The molecule has 1 aromatic carbocycles. The van der Waals surface area contributed by atoms with Crippen molar-refractivity contribution < 1.29 is 24.0 Å². The number of rotatable bonds is 4. The Morgan fingerprint density at radius 1 is 1.12 bits per heavy atom. The van der Waals surface area contributed by atoms with Crippen molar-refractivity contribution in [3.05, 3.63) is 59.4 Å². The van der Waals surface area contributed by atoms with Crippen LogP contribution < -0.4 is 10.1 Å². The van der Waals surface area contributed by atoms with Gasteiger partial charge in [-0.2, -0.15) is 5.10 Å². The largest absolute Gasteiger partial charge is 0.493 e. The Bertz CT molecular complexity index is 1300. The predicted octanol–water partition coefficient (Wildman–Crippen LogP) is 3.30. The van der Waals surface area contributed by atoms with Gasteiger partial charge in [-0.05, 0) is 32.0 Å². The lowest BCUT2D eigenvalue weighted by Gasteiger charge is -2.13. The standard InChI is InChI=1S/C19H17ClN6O.H3O4P/c1-11-12(2)26(10-22-11)19-17(27-3)7-15(9-21-19)24-18-16-5-4-14(20)6-13(16)8-23-25-18;1-5(2,3)4/h4-10H,1-3H3,(H,24,25);(H3,1,2,3,4). The van der Waals surface area contributed by atoms with Crippen LogP contribution in [0.15, 0.2) is 43.0 Å². The second kappa shape index (κ2) is 9.60. The number of hydrogen-bond donors (Lipinski definition) is 4. The average Bonchev–Trinajstić information content (AvgIpc) is 3.05. The Hall–Kier alpha value is -3.08. The third-order valence-electron chi connectivity index (χ3n) is 4.42. The molecule has 0 saturated heterocycles. The van der Waals surface area contributed by atoms with Gasteiger partial charge in [-0.25, -0.2) is 14.5 Å². The molecule has 0 amide bonds. The van der Waals surface area contributed by atoms with E-state index >= 15 is 0 Å². The second-order valence-corrected chi connectivity index (χ2v) is 8.06. The van der Waals surface area contributed by atoms with Crippen molar-refractivity contribution in [2.45, 2.75) is 13.8 Å². The lowest BCUT2D eigenvalue weighted by Crippen LogP contribution is -2.04. The molecule has 0 radical (unpaired) electrons. The van der Waals surface area contributed by atoms with E-state index in [4.69, 9.17) is 35.6 Å². The van der Waals surface area contributed by atoms with Crippen LogP contribution in [0, 0.1) is 13.8 Å². The molecule has 0 fully saturated rings. The minimum absolute atomic E-state index is 0.621. The summed E-state index contributed by atoms with van der Waals surface area (Å²) >= 11 is 6.06. The van der Waals surface area contributed by atoms with E-state index in [0.29, 0.717) is 22.4 Å². The van der Waals surface area contributed by atoms with Gasteiger partial charge in [-0.3, -0.25) is 4.57 Å². The van der Waals surface area contributed by atoms with E-state index in [1.165, 1.54) is 0 Å². The molecule has 168 valence electrons. The third-order valence-corrected chi connectivity index (χ3v) is 4.65. The molecule has 3 aromatic heterocycles. The average molecular weight is 479 g/mol. The number of methoxy groups -OCH3 is 1. The molecule has 0 aliphatic carbocycles. The molecule has 32 heavy (non-hydrogen) atoms. The molecular weight excluding hydrogens is 459 g/mol. The molecule has 0 unspecified atom stereocenters. The van der Waals surface area contributed by atoms with E-state index in [1.54, 1.807) is 25.8 Å². The molecule has 0 bridgehead atoms. The molecule has 0 aliphatic heterocycles. The normalized spacial score (nSPS) is 11.1. The molecular formula is C19H20ClN6O5P. The molecule has 4 rings (SSSR count). The van der Waals surface area contributed by atoms with Gasteiger partial charge < -0.3 is 24.7 Å². The van der Waals surface area contributed by atoms with Gasteiger partial charge in [0.2, 0.25) is 0 Å². The molecule has 0 saturated carbocycles. The monoisotopic (exact) mass is 478 g/mol. The molecule has 0 atom stereocenters. The van der Waals surface area contributed by atoms with Crippen molar-refractivity contribution in [1.82, 2.24) is 24.7 Å². The number of anilines is 2. The minimum Gasteiger partial charge on any atom is -0.493 e. The number of phosphoric acid groups is 1. The zero-order valence-corrected chi connectivity index (χ0v) is 18.9. The van der Waals surface area contributed by atoms with Crippen LogP contribution in [0.2, 0.25) is 5.02 Å². The number of imidazole rings is 1. The van der Waals surface area contributed by atoms with E-state index in [-0.39, 0.29) is 0 Å². The number of nitrogens with zero attached hydrogens (tertiary/aromatic N) is 5. The quantitative estimate of drug-likeness (QED) is 0.321. The lowest BCUT2D eigenvalue weighted by atomic mass is 10.2. The minimum atomic E-state index is -4.64. The Morgan fingerprint density at radius 3 is 2.47 bits per heavy atom. The molecule has 0 aliphatic rings. The van der Waals surface area contributed by atoms with Crippen molar-refractivity contribution in [3.63, 3.8) is 0 Å². The number of aromatic nitrogens is 5. The topological polar surface area (TPSA) is 156 Å². The van der Waals surface area contributed by atoms with Crippen LogP contribution in [0.4, 0.5) is 11.5 Å². The summed E-state index contributed by atoms with van der Waals surface area (Å²) in [5.74, 6) is 1.92. The predicted molar refractivity (Wildman–Crippen MR) is 119 cm³/mol. The molecule has 0 spiro atoms. The van der Waals surface area contributed by atoms with Crippen molar-refractivity contribution in [2.75, 3.05) is 12.4 Å². The van der Waals surface area contributed by atoms with Gasteiger partial charge >= 0.3 is 7.82 Å². The number of fused-ring (bicyclic) bond motifs is 1. The number of benzene rings is 1. The van der Waals surface area contributed by atoms with Crippen molar-refractivity contribution in [3.8, 4) is 11.6 Å². The molecule has 4 N–H and O–H groups in total. The molecule has 3 heterocycles. The number of hydrogen-bond acceptors (Lipinski definition) is 7. The van der Waals surface area contributed by atoms with Gasteiger partial charge in [-0.15, -0.1) is 5.10 Å².